The van der Waals surface area contributed by atoms with Crippen molar-refractivity contribution in [2.75, 3.05) is 18.4 Å². The molecule has 0 bridgehead atoms. The second-order valence-electron chi connectivity index (χ2n) is 4.91. The Hall–Kier alpha value is -2.30. The summed E-state index contributed by atoms with van der Waals surface area (Å²) in [6.45, 7) is 1.30. The molecular formula is C17H17ClN4. The van der Waals surface area contributed by atoms with E-state index in [1.807, 2.05) is 42.6 Å². The Morgan fingerprint density at radius 2 is 1.77 bits per heavy atom. The summed E-state index contributed by atoms with van der Waals surface area (Å²) in [5, 5.41) is 4.08. The number of aromatic nitrogens is 2. The van der Waals surface area contributed by atoms with Gasteiger partial charge in [-0.15, -0.1) is 0 Å². The number of hydrogen-bond donors (Lipinski definition) is 3. The molecule has 0 radical (unpaired) electrons. The van der Waals surface area contributed by atoms with E-state index < -0.39 is 0 Å². The van der Waals surface area contributed by atoms with Gasteiger partial charge in [-0.05, 0) is 35.4 Å². The van der Waals surface area contributed by atoms with Crippen LogP contribution in [0.15, 0.2) is 55.0 Å². The van der Waals surface area contributed by atoms with E-state index in [0.29, 0.717) is 6.54 Å². The van der Waals surface area contributed by atoms with Crippen LogP contribution in [0.5, 0.6) is 0 Å². The summed E-state index contributed by atoms with van der Waals surface area (Å²) in [6.07, 6.45) is 5.55. The monoisotopic (exact) mass is 312 g/mol. The third-order valence-electron chi connectivity index (χ3n) is 3.44. The van der Waals surface area contributed by atoms with Gasteiger partial charge in [-0.3, -0.25) is 4.98 Å². The molecular weight excluding hydrogens is 296 g/mol. The lowest BCUT2D eigenvalue weighted by molar-refractivity contribution is 1.03. The fourth-order valence-electron chi connectivity index (χ4n) is 2.43. The highest BCUT2D eigenvalue weighted by Crippen LogP contribution is 2.37. The zero-order valence-electron chi connectivity index (χ0n) is 12.0. The average Bonchev–Trinajstić information content (AvgIpc) is 2.98. The minimum Gasteiger partial charge on any atom is -0.382 e. The van der Waals surface area contributed by atoms with E-state index >= 15 is 0 Å². The van der Waals surface area contributed by atoms with Gasteiger partial charge in [-0.2, -0.15) is 0 Å². The third-order valence-corrected chi connectivity index (χ3v) is 3.69. The van der Waals surface area contributed by atoms with E-state index in [9.17, 15) is 0 Å². The second kappa shape index (κ2) is 6.64. The standard InChI is InChI=1S/C17H17ClN4/c18-14-3-1-13(2-4-14)17-16(12-5-8-20-9-6-12)15(11-22-17)21-10-7-19/h1-6,8-9,11,21-22H,7,10,19H2. The van der Waals surface area contributed by atoms with Crippen LogP contribution in [0.2, 0.25) is 5.02 Å². The van der Waals surface area contributed by atoms with Crippen LogP contribution < -0.4 is 11.1 Å². The highest BCUT2D eigenvalue weighted by atomic mass is 35.5. The highest BCUT2D eigenvalue weighted by molar-refractivity contribution is 6.30. The predicted molar refractivity (Wildman–Crippen MR) is 92.0 cm³/mol. The van der Waals surface area contributed by atoms with Crippen molar-refractivity contribution in [3.63, 3.8) is 0 Å². The largest absolute Gasteiger partial charge is 0.382 e. The molecule has 0 aliphatic carbocycles. The lowest BCUT2D eigenvalue weighted by Gasteiger charge is -2.09. The van der Waals surface area contributed by atoms with Crippen LogP contribution in [0.3, 0.4) is 0 Å². The summed E-state index contributed by atoms with van der Waals surface area (Å²) in [4.78, 5) is 7.44. The quantitative estimate of drug-likeness (QED) is 0.672. The van der Waals surface area contributed by atoms with E-state index in [4.69, 9.17) is 17.3 Å². The Labute approximate surface area is 134 Å². The Kier molecular flexibility index (Phi) is 4.42. The van der Waals surface area contributed by atoms with Gasteiger partial charge >= 0.3 is 0 Å². The number of pyridine rings is 1. The number of halogens is 1. The van der Waals surface area contributed by atoms with Crippen molar-refractivity contribution in [1.29, 1.82) is 0 Å². The van der Waals surface area contributed by atoms with E-state index in [2.05, 4.69) is 15.3 Å². The van der Waals surface area contributed by atoms with E-state index in [1.54, 1.807) is 12.4 Å². The number of hydrogen-bond acceptors (Lipinski definition) is 3. The van der Waals surface area contributed by atoms with Gasteiger partial charge in [-0.25, -0.2) is 0 Å². The van der Waals surface area contributed by atoms with Crippen molar-refractivity contribution in [1.82, 2.24) is 9.97 Å². The average molecular weight is 313 g/mol. The zero-order valence-corrected chi connectivity index (χ0v) is 12.8. The topological polar surface area (TPSA) is 66.7 Å². The van der Waals surface area contributed by atoms with Crippen LogP contribution in [-0.4, -0.2) is 23.1 Å². The fraction of sp³-hybridized carbons (Fsp3) is 0.118. The van der Waals surface area contributed by atoms with Crippen molar-refractivity contribution in [3.05, 3.63) is 60.0 Å². The number of benzene rings is 1. The van der Waals surface area contributed by atoms with Crippen LogP contribution in [0.4, 0.5) is 5.69 Å². The lowest BCUT2D eigenvalue weighted by atomic mass is 10.0. The lowest BCUT2D eigenvalue weighted by Crippen LogP contribution is -2.13. The number of aromatic amines is 1. The fourth-order valence-corrected chi connectivity index (χ4v) is 2.56. The summed E-state index contributed by atoms with van der Waals surface area (Å²) in [5.41, 5.74) is 11.0. The molecule has 0 atom stereocenters. The number of nitrogens with zero attached hydrogens (tertiary/aromatic N) is 1. The molecule has 0 spiro atoms. The molecule has 2 heterocycles. The molecule has 0 aliphatic heterocycles. The molecule has 3 rings (SSSR count). The Bertz CT molecular complexity index is 735. The first-order chi connectivity index (χ1) is 10.8. The highest BCUT2D eigenvalue weighted by Gasteiger charge is 2.14. The Morgan fingerprint density at radius 3 is 2.45 bits per heavy atom. The van der Waals surface area contributed by atoms with Gasteiger partial charge in [-0.1, -0.05) is 23.7 Å². The molecule has 0 fully saturated rings. The first-order valence-corrected chi connectivity index (χ1v) is 7.49. The summed E-state index contributed by atoms with van der Waals surface area (Å²) in [5.74, 6) is 0. The van der Waals surface area contributed by atoms with Crippen molar-refractivity contribution in [3.8, 4) is 22.4 Å². The maximum atomic E-state index is 5.98. The van der Waals surface area contributed by atoms with E-state index in [0.717, 1.165) is 39.6 Å². The normalized spacial score (nSPS) is 10.6. The van der Waals surface area contributed by atoms with Gasteiger partial charge in [0.15, 0.2) is 0 Å². The number of H-pyrrole nitrogens is 1. The number of nitrogens with two attached hydrogens (primary N) is 1. The number of nitrogens with one attached hydrogen (secondary N) is 2. The van der Waals surface area contributed by atoms with Crippen LogP contribution in [0.1, 0.15) is 0 Å². The molecule has 0 aliphatic rings. The van der Waals surface area contributed by atoms with Crippen LogP contribution in [-0.2, 0) is 0 Å². The summed E-state index contributed by atoms with van der Waals surface area (Å²) in [6, 6.07) is 11.8. The van der Waals surface area contributed by atoms with Crippen molar-refractivity contribution in [2.24, 2.45) is 5.73 Å². The molecule has 112 valence electrons. The summed E-state index contributed by atoms with van der Waals surface area (Å²) >= 11 is 5.98. The smallest absolute Gasteiger partial charge is 0.0604 e. The SMILES string of the molecule is NCCNc1c[nH]c(-c2ccc(Cl)cc2)c1-c1ccncc1. The van der Waals surface area contributed by atoms with Crippen LogP contribution >= 0.6 is 11.6 Å². The molecule has 3 aromatic rings. The van der Waals surface area contributed by atoms with Gasteiger partial charge < -0.3 is 16.0 Å². The van der Waals surface area contributed by atoms with Gasteiger partial charge in [0.05, 0.1) is 11.4 Å². The number of anilines is 1. The molecule has 4 N–H and O–H groups in total. The number of rotatable bonds is 5. The first kappa shape index (κ1) is 14.6. The molecule has 0 unspecified atom stereocenters. The minimum atomic E-state index is 0.581. The van der Waals surface area contributed by atoms with Crippen molar-refractivity contribution in [2.45, 2.75) is 0 Å². The molecule has 2 aromatic heterocycles. The molecule has 0 amide bonds. The van der Waals surface area contributed by atoms with Crippen LogP contribution in [0, 0.1) is 0 Å². The summed E-state index contributed by atoms with van der Waals surface area (Å²) in [7, 11) is 0. The second-order valence-corrected chi connectivity index (χ2v) is 5.35. The van der Waals surface area contributed by atoms with Gasteiger partial charge in [0.1, 0.15) is 0 Å². The maximum absolute atomic E-state index is 5.98. The Morgan fingerprint density at radius 1 is 1.05 bits per heavy atom. The van der Waals surface area contributed by atoms with E-state index in [1.165, 1.54) is 0 Å². The molecule has 1 aromatic carbocycles. The zero-order chi connectivity index (χ0) is 15.4. The predicted octanol–water partition coefficient (Wildman–Crippen LogP) is 3.77. The Balaban J connectivity index is 2.10. The molecule has 0 saturated heterocycles. The molecule has 4 nitrogen and oxygen atoms in total. The van der Waals surface area contributed by atoms with Crippen molar-refractivity contribution >= 4 is 17.3 Å². The van der Waals surface area contributed by atoms with Gasteiger partial charge in [0.25, 0.3) is 0 Å². The molecule has 5 heteroatoms. The van der Waals surface area contributed by atoms with E-state index in [-0.39, 0.29) is 0 Å². The maximum Gasteiger partial charge on any atom is 0.0604 e. The van der Waals surface area contributed by atoms with Crippen LogP contribution in [0.25, 0.3) is 22.4 Å². The minimum absolute atomic E-state index is 0.581. The van der Waals surface area contributed by atoms with Gasteiger partial charge in [0, 0.05) is 42.3 Å². The van der Waals surface area contributed by atoms with Gasteiger partial charge in [0.2, 0.25) is 0 Å². The van der Waals surface area contributed by atoms with Crippen molar-refractivity contribution < 1.29 is 0 Å². The summed E-state index contributed by atoms with van der Waals surface area (Å²) < 4.78 is 0. The molecule has 22 heavy (non-hydrogen) atoms. The third kappa shape index (κ3) is 2.98. The molecule has 0 saturated carbocycles. The first-order valence-electron chi connectivity index (χ1n) is 7.11.